The van der Waals surface area contributed by atoms with Gasteiger partial charge < -0.3 is 5.73 Å². The summed E-state index contributed by atoms with van der Waals surface area (Å²) in [6, 6.07) is 0. The van der Waals surface area contributed by atoms with E-state index in [4.69, 9.17) is 5.73 Å². The van der Waals surface area contributed by atoms with Crippen molar-refractivity contribution in [1.82, 2.24) is 9.97 Å². The van der Waals surface area contributed by atoms with Gasteiger partial charge in [-0.1, -0.05) is 11.8 Å². The van der Waals surface area contributed by atoms with Crippen LogP contribution >= 0.6 is 11.8 Å². The van der Waals surface area contributed by atoms with Crippen molar-refractivity contribution in [2.24, 2.45) is 0 Å². The average molecular weight is 167 g/mol. The Labute approximate surface area is 69.4 Å². The van der Waals surface area contributed by atoms with Crippen LogP contribution in [0.5, 0.6) is 0 Å². The number of thioether (sulfide) groups is 1. The zero-order valence-electron chi connectivity index (χ0n) is 6.03. The topological polar surface area (TPSA) is 51.8 Å². The predicted octanol–water partition coefficient (Wildman–Crippen LogP) is 1.31. The summed E-state index contributed by atoms with van der Waals surface area (Å²) in [4.78, 5) is 8.09. The molecule has 0 atom stereocenters. The van der Waals surface area contributed by atoms with E-state index in [1.807, 2.05) is 0 Å². The third-order valence-corrected chi connectivity index (χ3v) is 2.84. The van der Waals surface area contributed by atoms with Crippen molar-refractivity contribution in [2.45, 2.75) is 23.1 Å². The summed E-state index contributed by atoms with van der Waals surface area (Å²) in [6.07, 6.45) is 5.88. The lowest BCUT2D eigenvalue weighted by atomic mass is 10.7. The van der Waals surface area contributed by atoms with Gasteiger partial charge in [0.25, 0.3) is 0 Å². The second-order valence-corrected chi connectivity index (χ2v) is 3.85. The van der Waals surface area contributed by atoms with Crippen molar-refractivity contribution in [3.8, 4) is 0 Å². The highest BCUT2D eigenvalue weighted by atomic mass is 32.2. The molecule has 2 rings (SSSR count). The van der Waals surface area contributed by atoms with Gasteiger partial charge >= 0.3 is 0 Å². The van der Waals surface area contributed by atoms with Crippen LogP contribution in [0.1, 0.15) is 12.8 Å². The first-order valence-corrected chi connectivity index (χ1v) is 4.47. The fourth-order valence-electron chi connectivity index (χ4n) is 0.771. The quantitative estimate of drug-likeness (QED) is 0.721. The molecule has 1 saturated carbocycles. The van der Waals surface area contributed by atoms with Crippen LogP contribution < -0.4 is 5.73 Å². The highest BCUT2D eigenvalue weighted by molar-refractivity contribution is 8.00. The maximum absolute atomic E-state index is 5.60. The van der Waals surface area contributed by atoms with Gasteiger partial charge in [-0.2, -0.15) is 0 Å². The zero-order valence-corrected chi connectivity index (χ0v) is 6.84. The lowest BCUT2D eigenvalue weighted by Gasteiger charge is -1.99. The molecule has 0 aliphatic heterocycles. The molecule has 1 aromatic heterocycles. The van der Waals surface area contributed by atoms with Crippen LogP contribution in [-0.4, -0.2) is 15.2 Å². The summed E-state index contributed by atoms with van der Waals surface area (Å²) in [7, 11) is 0. The van der Waals surface area contributed by atoms with Gasteiger partial charge in [0, 0.05) is 17.6 Å². The van der Waals surface area contributed by atoms with Crippen molar-refractivity contribution in [3.63, 3.8) is 0 Å². The van der Waals surface area contributed by atoms with Gasteiger partial charge in [0.05, 0.1) is 0 Å². The molecule has 0 spiro atoms. The molecule has 0 radical (unpaired) electrons. The maximum atomic E-state index is 5.60. The smallest absolute Gasteiger partial charge is 0.156 e. The number of nitrogen functional groups attached to an aromatic ring is 1. The van der Waals surface area contributed by atoms with Crippen LogP contribution in [0.25, 0.3) is 0 Å². The number of rotatable bonds is 2. The zero-order chi connectivity index (χ0) is 7.68. The normalized spacial score (nSPS) is 16.7. The third-order valence-electron chi connectivity index (χ3n) is 1.49. The molecule has 0 unspecified atom stereocenters. The molecule has 0 bridgehead atoms. The molecule has 0 saturated heterocycles. The Hall–Kier alpha value is -0.770. The molecule has 58 valence electrons. The van der Waals surface area contributed by atoms with Crippen LogP contribution in [-0.2, 0) is 0 Å². The minimum atomic E-state index is 0.560. The Kier molecular flexibility index (Phi) is 1.69. The summed E-state index contributed by atoms with van der Waals surface area (Å²) in [6.45, 7) is 0. The van der Waals surface area contributed by atoms with Crippen molar-refractivity contribution in [2.75, 3.05) is 5.73 Å². The second kappa shape index (κ2) is 2.70. The number of aromatic nitrogens is 2. The van der Waals surface area contributed by atoms with Crippen LogP contribution in [0.3, 0.4) is 0 Å². The van der Waals surface area contributed by atoms with Crippen LogP contribution in [0.4, 0.5) is 5.82 Å². The molecule has 1 aliphatic carbocycles. The van der Waals surface area contributed by atoms with Gasteiger partial charge in [0.2, 0.25) is 0 Å². The summed E-state index contributed by atoms with van der Waals surface area (Å²) in [5.41, 5.74) is 5.60. The van der Waals surface area contributed by atoms with E-state index < -0.39 is 0 Å². The van der Waals surface area contributed by atoms with E-state index in [0.717, 1.165) is 10.3 Å². The molecule has 11 heavy (non-hydrogen) atoms. The van der Waals surface area contributed by atoms with Crippen molar-refractivity contribution < 1.29 is 0 Å². The number of nitrogens with zero attached hydrogens (tertiary/aromatic N) is 2. The Balaban J connectivity index is 2.15. The van der Waals surface area contributed by atoms with Crippen LogP contribution in [0.15, 0.2) is 17.4 Å². The predicted molar refractivity (Wildman–Crippen MR) is 45.3 cm³/mol. The summed E-state index contributed by atoms with van der Waals surface area (Å²) >= 11 is 1.74. The molecule has 1 heterocycles. The number of anilines is 1. The molecule has 1 aromatic rings. The molecule has 0 amide bonds. The summed E-state index contributed by atoms with van der Waals surface area (Å²) in [5, 5.41) is 1.63. The van der Waals surface area contributed by atoms with Crippen molar-refractivity contribution in [1.29, 1.82) is 0 Å². The van der Waals surface area contributed by atoms with Gasteiger partial charge in [-0.05, 0) is 12.8 Å². The second-order valence-electron chi connectivity index (χ2n) is 2.56. The molecule has 1 aliphatic rings. The Morgan fingerprint density at radius 3 is 2.73 bits per heavy atom. The Bertz CT molecular complexity index is 260. The lowest BCUT2D eigenvalue weighted by Crippen LogP contribution is -1.94. The number of hydrogen-bond acceptors (Lipinski definition) is 4. The van der Waals surface area contributed by atoms with E-state index in [9.17, 15) is 0 Å². The number of nitrogens with two attached hydrogens (primary N) is 1. The molecule has 4 heteroatoms. The Morgan fingerprint density at radius 2 is 2.09 bits per heavy atom. The van der Waals surface area contributed by atoms with Gasteiger partial charge in [0.1, 0.15) is 5.03 Å². The lowest BCUT2D eigenvalue weighted by molar-refractivity contribution is 1.07. The molecular formula is C7H9N3S. The average Bonchev–Trinajstić information content (AvgIpc) is 2.78. The van der Waals surface area contributed by atoms with Crippen LogP contribution in [0.2, 0.25) is 0 Å². The molecule has 0 aromatic carbocycles. The van der Waals surface area contributed by atoms with E-state index in [1.165, 1.54) is 12.8 Å². The van der Waals surface area contributed by atoms with Crippen molar-refractivity contribution in [3.05, 3.63) is 12.4 Å². The molecule has 3 nitrogen and oxygen atoms in total. The maximum Gasteiger partial charge on any atom is 0.156 e. The van der Waals surface area contributed by atoms with Gasteiger partial charge in [-0.3, -0.25) is 0 Å². The molecule has 2 N–H and O–H groups in total. The van der Waals surface area contributed by atoms with Crippen molar-refractivity contribution >= 4 is 17.6 Å². The highest BCUT2D eigenvalue weighted by Gasteiger charge is 2.24. The van der Waals surface area contributed by atoms with Gasteiger partial charge in [-0.25, -0.2) is 9.97 Å². The monoisotopic (exact) mass is 167 g/mol. The molecular weight excluding hydrogens is 158 g/mol. The first-order chi connectivity index (χ1) is 5.36. The van der Waals surface area contributed by atoms with E-state index in [1.54, 1.807) is 24.2 Å². The Morgan fingerprint density at radius 1 is 1.36 bits per heavy atom. The SMILES string of the molecule is Nc1nccnc1SC1CC1. The fourth-order valence-corrected chi connectivity index (χ4v) is 1.75. The largest absolute Gasteiger partial charge is 0.381 e. The third kappa shape index (κ3) is 1.63. The standard InChI is InChI=1S/C7H9N3S/c8-6-7(10-4-3-9-6)11-5-1-2-5/h3-5H,1-2H2,(H2,8,9). The van der Waals surface area contributed by atoms with E-state index in [-0.39, 0.29) is 0 Å². The molecule has 1 fully saturated rings. The first kappa shape index (κ1) is 6.91. The number of hydrogen-bond donors (Lipinski definition) is 1. The van der Waals surface area contributed by atoms with E-state index >= 15 is 0 Å². The first-order valence-electron chi connectivity index (χ1n) is 3.59. The van der Waals surface area contributed by atoms with E-state index in [0.29, 0.717) is 5.82 Å². The highest BCUT2D eigenvalue weighted by Crippen LogP contribution is 2.39. The van der Waals surface area contributed by atoms with Crippen LogP contribution in [0, 0.1) is 0 Å². The van der Waals surface area contributed by atoms with Gasteiger partial charge in [0.15, 0.2) is 5.82 Å². The fraction of sp³-hybridized carbons (Fsp3) is 0.429. The summed E-state index contributed by atoms with van der Waals surface area (Å²) < 4.78 is 0. The van der Waals surface area contributed by atoms with Gasteiger partial charge in [-0.15, -0.1) is 0 Å². The van der Waals surface area contributed by atoms with E-state index in [2.05, 4.69) is 9.97 Å². The minimum Gasteiger partial charge on any atom is -0.381 e. The summed E-state index contributed by atoms with van der Waals surface area (Å²) in [5.74, 6) is 0.560. The minimum absolute atomic E-state index is 0.560.